The monoisotopic (exact) mass is 814 g/mol. The lowest BCUT2D eigenvalue weighted by Gasteiger charge is -2.24. The Hall–Kier alpha value is -5.63. The van der Waals surface area contributed by atoms with Gasteiger partial charge in [0, 0.05) is 66.6 Å². The molecule has 0 heterocycles. The Balaban J connectivity index is 0.000000959. The van der Waals surface area contributed by atoms with E-state index in [2.05, 4.69) is 57.5 Å². The van der Waals surface area contributed by atoms with Crippen molar-refractivity contribution in [1.82, 2.24) is 0 Å². The summed E-state index contributed by atoms with van der Waals surface area (Å²) in [5.74, 6) is 0.209. The van der Waals surface area contributed by atoms with E-state index in [4.69, 9.17) is 53.5 Å². The van der Waals surface area contributed by atoms with Gasteiger partial charge in [-0.1, -0.05) is 45.2 Å². The zero-order valence-electron chi connectivity index (χ0n) is 34.1. The van der Waals surface area contributed by atoms with Gasteiger partial charge in [-0.15, -0.1) is 0 Å². The first-order valence-corrected chi connectivity index (χ1v) is 19.3. The molecule has 14 nitrogen and oxygen atoms in total. The van der Waals surface area contributed by atoms with Crippen molar-refractivity contribution in [2.75, 3.05) is 61.6 Å². The van der Waals surface area contributed by atoms with E-state index in [-0.39, 0.29) is 10.7 Å². The fraction of sp³-hybridized carbons (Fsp3) is 0.429. The fourth-order valence-corrected chi connectivity index (χ4v) is 4.74. The molecule has 0 aliphatic heterocycles. The van der Waals surface area contributed by atoms with E-state index >= 15 is 0 Å². The lowest BCUT2D eigenvalue weighted by atomic mass is 10.1. The number of esters is 2. The first-order chi connectivity index (χ1) is 27.1. The molecule has 0 saturated carbocycles. The number of nitrogen functional groups attached to an aromatic ring is 3. The number of allylic oxidation sites excluding steroid dienone is 4. The minimum Gasteiger partial charge on any atom is -0.491 e. The van der Waals surface area contributed by atoms with Crippen molar-refractivity contribution in [3.05, 3.63) is 106 Å². The predicted molar refractivity (Wildman–Crippen MR) is 233 cm³/mol. The van der Waals surface area contributed by atoms with Crippen molar-refractivity contribution >= 4 is 46.3 Å². The number of nitrogens with two attached hydrogens (primary N) is 4. The van der Waals surface area contributed by atoms with Gasteiger partial charge in [0.25, 0.3) is 5.70 Å². The largest absolute Gasteiger partial charge is 0.491 e. The van der Waals surface area contributed by atoms with Crippen molar-refractivity contribution < 1.29 is 33.5 Å². The molecule has 2 rings (SSSR count). The van der Waals surface area contributed by atoms with Crippen molar-refractivity contribution in [3.8, 4) is 11.5 Å². The molecule has 0 aliphatic carbocycles. The van der Waals surface area contributed by atoms with Crippen LogP contribution in [0.2, 0.25) is 0 Å². The Morgan fingerprint density at radius 1 is 0.772 bits per heavy atom. The highest BCUT2D eigenvalue weighted by Crippen LogP contribution is 2.33. The third-order valence-corrected chi connectivity index (χ3v) is 8.14. The average molecular weight is 815 g/mol. The standard InChI is InChI=1S/C22H32N2O6.C13H22N2.C7H9ClN2O2/c1-3-21(25)29-13-9-5-7-11-27-19-15-18(24)20(16-17(19)23)28-12-8-6-10-14-30-22(26)4-2;1-4-8-15(9-5-2)12-6-7-13(14)11(3)10-12;1-3-6(10(11)12)4-7(8)5(2)9/h3-4,15-16H,1-2,5-14,23-24H2;6-7,10H,4-5,8-9,14H2,1-3H3;3-4H,1,9H2,2H3/b;;6-4+,7-5-. The number of nitro groups is 1. The van der Waals surface area contributed by atoms with Crippen LogP contribution in [0.15, 0.2) is 90.8 Å². The Kier molecular flexibility index (Phi) is 27.6. The molecule has 57 heavy (non-hydrogen) atoms. The topological polar surface area (TPSA) is 222 Å². The van der Waals surface area contributed by atoms with E-state index in [0.29, 0.717) is 55.0 Å². The van der Waals surface area contributed by atoms with Gasteiger partial charge in [0.15, 0.2) is 0 Å². The summed E-state index contributed by atoms with van der Waals surface area (Å²) in [7, 11) is 0. The van der Waals surface area contributed by atoms with E-state index < -0.39 is 16.9 Å². The quantitative estimate of drug-likeness (QED) is 0.0149. The van der Waals surface area contributed by atoms with Gasteiger partial charge in [0.1, 0.15) is 11.5 Å². The van der Waals surface area contributed by atoms with Crippen molar-refractivity contribution in [1.29, 1.82) is 0 Å². The van der Waals surface area contributed by atoms with Crippen LogP contribution in [-0.2, 0) is 19.1 Å². The number of nitrogens with zero attached hydrogens (tertiary/aromatic N) is 2. The van der Waals surface area contributed by atoms with E-state index in [9.17, 15) is 19.7 Å². The summed E-state index contributed by atoms with van der Waals surface area (Å²) < 4.78 is 21.2. The number of halogens is 1. The van der Waals surface area contributed by atoms with Crippen LogP contribution in [-0.4, -0.2) is 56.4 Å². The van der Waals surface area contributed by atoms with Gasteiger partial charge in [-0.3, -0.25) is 10.1 Å². The third kappa shape index (κ3) is 23.1. The molecule has 0 aliphatic rings. The smallest absolute Gasteiger partial charge is 0.330 e. The molecule has 316 valence electrons. The minimum absolute atomic E-state index is 0.154. The summed E-state index contributed by atoms with van der Waals surface area (Å²) in [6.45, 7) is 21.9. The van der Waals surface area contributed by atoms with Gasteiger partial charge in [-0.05, 0) is 89.0 Å². The normalized spacial score (nSPS) is 10.9. The van der Waals surface area contributed by atoms with E-state index in [1.807, 2.05) is 6.07 Å². The van der Waals surface area contributed by atoms with Crippen LogP contribution in [0, 0.1) is 17.0 Å². The number of carbonyl (C=O) groups is 2. The molecular formula is C42H63ClN6O8. The third-order valence-electron chi connectivity index (χ3n) is 7.73. The van der Waals surface area contributed by atoms with Gasteiger partial charge < -0.3 is 46.8 Å². The molecule has 2 aromatic rings. The fourth-order valence-electron chi connectivity index (χ4n) is 4.63. The highest BCUT2D eigenvalue weighted by molar-refractivity contribution is 6.31. The van der Waals surface area contributed by atoms with E-state index in [1.165, 1.54) is 24.1 Å². The average Bonchev–Trinajstić information content (AvgIpc) is 3.18. The molecule has 0 bridgehead atoms. The van der Waals surface area contributed by atoms with Crippen LogP contribution in [0.1, 0.15) is 77.7 Å². The molecule has 0 amide bonds. The maximum Gasteiger partial charge on any atom is 0.330 e. The van der Waals surface area contributed by atoms with Gasteiger partial charge in [-0.2, -0.15) is 0 Å². The van der Waals surface area contributed by atoms with Gasteiger partial charge >= 0.3 is 11.9 Å². The Labute approximate surface area is 343 Å². The van der Waals surface area contributed by atoms with Crippen molar-refractivity contribution in [2.24, 2.45) is 5.73 Å². The molecular weight excluding hydrogens is 752 g/mol. The molecule has 0 aromatic heterocycles. The molecule has 15 heteroatoms. The number of unbranched alkanes of at least 4 members (excludes halogenated alkanes) is 4. The first kappa shape index (κ1) is 51.4. The number of carbonyl (C=O) groups excluding carboxylic acids is 2. The molecule has 0 radical (unpaired) electrons. The van der Waals surface area contributed by atoms with E-state index in [1.54, 1.807) is 19.1 Å². The summed E-state index contributed by atoms with van der Waals surface area (Å²) in [6.07, 6.45) is 11.7. The predicted octanol–water partition coefficient (Wildman–Crippen LogP) is 8.37. The number of rotatable bonds is 24. The SMILES string of the molecule is C=C/C(=C\C(Cl)=C(/C)N)[N+](=O)[O-].C=CC(=O)OCCCCCOc1cc(N)c(OCCCCCOC(=O)C=C)cc1N.CCCN(CCC)c1ccc(N)c(C)c1. The summed E-state index contributed by atoms with van der Waals surface area (Å²) in [5.41, 5.74) is 27.6. The van der Waals surface area contributed by atoms with Crippen LogP contribution in [0.25, 0.3) is 0 Å². The molecule has 0 unspecified atom stereocenters. The Morgan fingerprint density at radius 3 is 1.60 bits per heavy atom. The van der Waals surface area contributed by atoms with E-state index in [0.717, 1.165) is 81.6 Å². The summed E-state index contributed by atoms with van der Waals surface area (Å²) >= 11 is 5.56. The summed E-state index contributed by atoms with van der Waals surface area (Å²) in [6, 6.07) is 9.62. The Bertz CT molecular complexity index is 1580. The highest BCUT2D eigenvalue weighted by Gasteiger charge is 2.09. The molecule has 2 aromatic carbocycles. The van der Waals surface area contributed by atoms with Crippen molar-refractivity contribution in [3.63, 3.8) is 0 Å². The molecule has 0 atom stereocenters. The number of hydrogen-bond acceptors (Lipinski definition) is 13. The van der Waals surface area contributed by atoms with Gasteiger partial charge in [0.05, 0.1) is 47.8 Å². The maximum atomic E-state index is 10.9. The molecule has 0 fully saturated rings. The van der Waals surface area contributed by atoms with Crippen LogP contribution in [0.4, 0.5) is 22.7 Å². The van der Waals surface area contributed by atoms with Crippen molar-refractivity contribution in [2.45, 2.75) is 79.1 Å². The summed E-state index contributed by atoms with van der Waals surface area (Å²) in [5, 5.41) is 10.4. The summed E-state index contributed by atoms with van der Waals surface area (Å²) in [4.78, 5) is 33.9. The minimum atomic E-state index is -0.585. The highest BCUT2D eigenvalue weighted by atomic mass is 35.5. The van der Waals surface area contributed by atoms with Gasteiger partial charge in [-0.25, -0.2) is 9.59 Å². The lowest BCUT2D eigenvalue weighted by Crippen LogP contribution is -2.24. The van der Waals surface area contributed by atoms with Crippen LogP contribution >= 0.6 is 11.6 Å². The molecule has 8 N–H and O–H groups in total. The van der Waals surface area contributed by atoms with Crippen LogP contribution < -0.4 is 37.3 Å². The second-order valence-corrected chi connectivity index (χ2v) is 13.0. The lowest BCUT2D eigenvalue weighted by molar-refractivity contribution is -0.419. The molecule has 0 saturated heterocycles. The van der Waals surface area contributed by atoms with Gasteiger partial charge in [0.2, 0.25) is 0 Å². The second kappa shape index (κ2) is 30.6. The number of benzene rings is 2. The van der Waals surface area contributed by atoms with Crippen LogP contribution in [0.5, 0.6) is 11.5 Å². The zero-order valence-corrected chi connectivity index (χ0v) is 34.8. The first-order valence-electron chi connectivity index (χ1n) is 18.9. The Morgan fingerprint density at radius 2 is 1.23 bits per heavy atom. The number of ether oxygens (including phenoxy) is 4. The zero-order chi connectivity index (χ0) is 43.2. The molecule has 0 spiro atoms. The number of aryl methyl sites for hydroxylation is 1. The number of hydrogen-bond donors (Lipinski definition) is 4. The maximum absolute atomic E-state index is 10.9. The second-order valence-electron chi connectivity index (χ2n) is 12.6. The number of anilines is 4. The van der Waals surface area contributed by atoms with Crippen LogP contribution in [0.3, 0.4) is 0 Å².